The Morgan fingerprint density at radius 1 is 0.889 bits per heavy atom. The first-order valence-corrected chi connectivity index (χ1v) is 6.32. The molecule has 106 valence electrons. The lowest BCUT2D eigenvalue weighted by atomic mass is 9.96. The number of carbonyl (C=O) groups excluding carboxylic acids is 2. The quantitative estimate of drug-likeness (QED) is 0.633. The second-order valence-electron chi connectivity index (χ2n) is 6.46. The average molecular weight is 257 g/mol. The molecule has 0 aliphatic rings. The van der Waals surface area contributed by atoms with Gasteiger partial charge in [-0.05, 0) is 20.8 Å². The fourth-order valence-corrected chi connectivity index (χ4v) is 1.13. The number of hydrogen-bond acceptors (Lipinski definition) is 3. The molecule has 0 bridgehead atoms. The zero-order valence-corrected chi connectivity index (χ0v) is 12.4. The number of amides is 2. The first-order chi connectivity index (χ1) is 8.02. The maximum absolute atomic E-state index is 11.5. The normalized spacial score (nSPS) is 12.1. The van der Waals surface area contributed by atoms with E-state index in [0.29, 0.717) is 13.1 Å². The number of nitrogens with one attached hydrogen (secondary N) is 3. The van der Waals surface area contributed by atoms with Crippen molar-refractivity contribution in [1.82, 2.24) is 16.0 Å². The molecule has 2 amide bonds. The van der Waals surface area contributed by atoms with Gasteiger partial charge in [-0.3, -0.25) is 9.59 Å². The molecule has 0 saturated heterocycles. The molecule has 0 saturated carbocycles. The summed E-state index contributed by atoms with van der Waals surface area (Å²) in [6.07, 6.45) is 0. The van der Waals surface area contributed by atoms with Crippen molar-refractivity contribution in [2.45, 2.75) is 47.1 Å². The maximum Gasteiger partial charge on any atom is 0.239 e. The summed E-state index contributed by atoms with van der Waals surface area (Å²) in [4.78, 5) is 23.0. The summed E-state index contributed by atoms with van der Waals surface area (Å²) in [5.41, 5.74) is -0.417. The maximum atomic E-state index is 11.5. The van der Waals surface area contributed by atoms with Crippen LogP contribution in [0.2, 0.25) is 0 Å². The van der Waals surface area contributed by atoms with E-state index in [1.54, 1.807) is 0 Å². The third kappa shape index (κ3) is 8.98. The van der Waals surface area contributed by atoms with Crippen LogP contribution in [0.1, 0.15) is 41.5 Å². The van der Waals surface area contributed by atoms with Gasteiger partial charge in [-0.15, -0.1) is 0 Å². The molecule has 0 rings (SSSR count). The zero-order chi connectivity index (χ0) is 14.4. The van der Waals surface area contributed by atoms with Crippen LogP contribution < -0.4 is 16.0 Å². The molecular formula is C13H27N3O2. The van der Waals surface area contributed by atoms with Gasteiger partial charge in [-0.2, -0.15) is 0 Å². The van der Waals surface area contributed by atoms with E-state index >= 15 is 0 Å². The van der Waals surface area contributed by atoms with E-state index in [0.717, 1.165) is 0 Å². The molecule has 3 N–H and O–H groups in total. The second-order valence-corrected chi connectivity index (χ2v) is 6.46. The van der Waals surface area contributed by atoms with Gasteiger partial charge in [-0.25, -0.2) is 0 Å². The molecule has 0 aromatic rings. The predicted molar refractivity (Wildman–Crippen MR) is 73.2 cm³/mol. The van der Waals surface area contributed by atoms with Crippen LogP contribution in [0, 0.1) is 5.41 Å². The van der Waals surface area contributed by atoms with Crippen molar-refractivity contribution < 1.29 is 9.59 Å². The summed E-state index contributed by atoms with van der Waals surface area (Å²) in [5.74, 6) is -0.284. The van der Waals surface area contributed by atoms with Gasteiger partial charge in [0.25, 0.3) is 0 Å². The fraction of sp³-hybridized carbons (Fsp3) is 0.846. The van der Waals surface area contributed by atoms with Crippen molar-refractivity contribution in [2.24, 2.45) is 5.41 Å². The summed E-state index contributed by atoms with van der Waals surface area (Å²) < 4.78 is 0. The van der Waals surface area contributed by atoms with Crippen LogP contribution in [0.25, 0.3) is 0 Å². The van der Waals surface area contributed by atoms with Crippen LogP contribution >= 0.6 is 0 Å². The van der Waals surface area contributed by atoms with Crippen molar-refractivity contribution >= 4 is 11.8 Å². The minimum absolute atomic E-state index is 0.0334. The standard InChI is InChI=1S/C13H27N3O2/c1-12(2,3)11(18)15-9-10(17)14-7-8-16-13(4,5)6/h16H,7-9H2,1-6H3,(H,14,17)(H,15,18). The van der Waals surface area contributed by atoms with E-state index in [1.165, 1.54) is 0 Å². The molecule has 5 nitrogen and oxygen atoms in total. The van der Waals surface area contributed by atoms with Gasteiger partial charge in [0, 0.05) is 24.0 Å². The Morgan fingerprint density at radius 2 is 1.44 bits per heavy atom. The molecule has 0 aromatic heterocycles. The van der Waals surface area contributed by atoms with Crippen molar-refractivity contribution in [3.05, 3.63) is 0 Å². The van der Waals surface area contributed by atoms with Gasteiger partial charge < -0.3 is 16.0 Å². The Bertz CT molecular complexity index is 288. The summed E-state index contributed by atoms with van der Waals surface area (Å²) in [7, 11) is 0. The summed E-state index contributed by atoms with van der Waals surface area (Å²) in [6.45, 7) is 12.9. The van der Waals surface area contributed by atoms with E-state index in [1.807, 2.05) is 20.8 Å². The first-order valence-electron chi connectivity index (χ1n) is 6.32. The Balaban J connectivity index is 3.71. The van der Waals surface area contributed by atoms with E-state index in [9.17, 15) is 9.59 Å². The van der Waals surface area contributed by atoms with Crippen LogP contribution in [0.5, 0.6) is 0 Å². The predicted octanol–water partition coefficient (Wildman–Crippen LogP) is 0.653. The molecule has 0 spiro atoms. The minimum atomic E-state index is -0.464. The number of carbonyl (C=O) groups is 2. The van der Waals surface area contributed by atoms with Gasteiger partial charge >= 0.3 is 0 Å². The number of rotatable bonds is 5. The summed E-state index contributed by atoms with van der Waals surface area (Å²) in [6, 6.07) is 0. The molecule has 0 heterocycles. The van der Waals surface area contributed by atoms with Crippen molar-refractivity contribution in [3.8, 4) is 0 Å². The molecule has 0 atom stereocenters. The van der Waals surface area contributed by atoms with Crippen molar-refractivity contribution in [3.63, 3.8) is 0 Å². The Hall–Kier alpha value is -1.10. The fourth-order valence-electron chi connectivity index (χ4n) is 1.13. The van der Waals surface area contributed by atoms with E-state index in [-0.39, 0.29) is 23.9 Å². The van der Waals surface area contributed by atoms with E-state index in [2.05, 4.69) is 36.7 Å². The average Bonchev–Trinajstić information content (AvgIpc) is 2.18. The first kappa shape index (κ1) is 16.9. The lowest BCUT2D eigenvalue weighted by Gasteiger charge is -2.20. The summed E-state index contributed by atoms with van der Waals surface area (Å²) >= 11 is 0. The van der Waals surface area contributed by atoms with E-state index in [4.69, 9.17) is 0 Å². The van der Waals surface area contributed by atoms with Gasteiger partial charge in [0.1, 0.15) is 0 Å². The highest BCUT2D eigenvalue weighted by atomic mass is 16.2. The van der Waals surface area contributed by atoms with Crippen LogP contribution in [0.4, 0.5) is 0 Å². The van der Waals surface area contributed by atoms with E-state index < -0.39 is 5.41 Å². The lowest BCUT2D eigenvalue weighted by molar-refractivity contribution is -0.131. The van der Waals surface area contributed by atoms with Crippen LogP contribution in [0.15, 0.2) is 0 Å². The molecule has 0 fully saturated rings. The van der Waals surface area contributed by atoms with Crippen LogP contribution in [-0.4, -0.2) is 37.0 Å². The smallest absolute Gasteiger partial charge is 0.239 e. The minimum Gasteiger partial charge on any atom is -0.353 e. The van der Waals surface area contributed by atoms with Gasteiger partial charge in [0.05, 0.1) is 6.54 Å². The highest BCUT2D eigenvalue weighted by Crippen LogP contribution is 2.11. The molecule has 0 aliphatic heterocycles. The highest BCUT2D eigenvalue weighted by molar-refractivity contribution is 5.87. The molecule has 0 radical (unpaired) electrons. The Morgan fingerprint density at radius 3 is 1.89 bits per heavy atom. The second kappa shape index (κ2) is 6.73. The zero-order valence-electron chi connectivity index (χ0n) is 12.4. The molecule has 0 aromatic carbocycles. The van der Waals surface area contributed by atoms with Gasteiger partial charge in [-0.1, -0.05) is 20.8 Å². The molecule has 0 aliphatic carbocycles. The van der Waals surface area contributed by atoms with Crippen LogP contribution in [-0.2, 0) is 9.59 Å². The topological polar surface area (TPSA) is 70.2 Å². The van der Waals surface area contributed by atoms with Crippen molar-refractivity contribution in [2.75, 3.05) is 19.6 Å². The Kier molecular flexibility index (Phi) is 6.32. The van der Waals surface area contributed by atoms with Gasteiger partial charge in [0.15, 0.2) is 0 Å². The van der Waals surface area contributed by atoms with Crippen LogP contribution in [0.3, 0.4) is 0 Å². The third-order valence-electron chi connectivity index (χ3n) is 2.19. The Labute approximate surface area is 110 Å². The molecule has 5 heteroatoms. The SMILES string of the molecule is CC(C)(C)NCCNC(=O)CNC(=O)C(C)(C)C. The lowest BCUT2D eigenvalue weighted by Crippen LogP contribution is -2.45. The third-order valence-corrected chi connectivity index (χ3v) is 2.19. The summed E-state index contributed by atoms with van der Waals surface area (Å²) in [5, 5.41) is 8.62. The molecular weight excluding hydrogens is 230 g/mol. The monoisotopic (exact) mass is 257 g/mol. The highest BCUT2D eigenvalue weighted by Gasteiger charge is 2.21. The van der Waals surface area contributed by atoms with Gasteiger partial charge in [0.2, 0.25) is 11.8 Å². The number of hydrogen-bond donors (Lipinski definition) is 3. The van der Waals surface area contributed by atoms with Crippen molar-refractivity contribution in [1.29, 1.82) is 0 Å². The molecule has 0 unspecified atom stereocenters. The largest absolute Gasteiger partial charge is 0.353 e. The molecule has 18 heavy (non-hydrogen) atoms.